The van der Waals surface area contributed by atoms with Crippen LogP contribution < -0.4 is 5.32 Å². The van der Waals surface area contributed by atoms with Crippen LogP contribution in [-0.2, 0) is 5.54 Å². The Hall–Kier alpha value is -0.820. The molecule has 1 aromatic carbocycles. The van der Waals surface area contributed by atoms with Gasteiger partial charge in [0.1, 0.15) is 0 Å². The Bertz CT molecular complexity index is 412. The summed E-state index contributed by atoms with van der Waals surface area (Å²) in [5, 5.41) is 3.70. The molecule has 1 N–H and O–H groups in total. The molecule has 0 amide bonds. The Balaban J connectivity index is 2.14. The second-order valence-electron chi connectivity index (χ2n) is 5.89. The molecule has 92 valence electrons. The molecular formula is C16H23N. The van der Waals surface area contributed by atoms with Crippen LogP contribution in [0, 0.1) is 5.92 Å². The summed E-state index contributed by atoms with van der Waals surface area (Å²) in [5.74, 6) is 1.57. The highest BCUT2D eigenvalue weighted by Crippen LogP contribution is 2.51. The summed E-state index contributed by atoms with van der Waals surface area (Å²) in [6, 6.07) is 9.10. The van der Waals surface area contributed by atoms with Crippen LogP contribution in [0.2, 0.25) is 0 Å². The number of rotatable bonds is 1. The van der Waals surface area contributed by atoms with Crippen LogP contribution in [0.15, 0.2) is 24.3 Å². The van der Waals surface area contributed by atoms with Gasteiger partial charge in [-0.25, -0.2) is 0 Å². The molecule has 1 nitrogen and oxygen atoms in total. The molecule has 1 heteroatoms. The minimum Gasteiger partial charge on any atom is -0.310 e. The first kappa shape index (κ1) is 11.3. The maximum atomic E-state index is 3.70. The van der Waals surface area contributed by atoms with Gasteiger partial charge in [0.15, 0.2) is 0 Å². The number of hydrogen-bond donors (Lipinski definition) is 1. The molecule has 0 unspecified atom stereocenters. The van der Waals surface area contributed by atoms with Gasteiger partial charge in [-0.1, -0.05) is 44.0 Å². The van der Waals surface area contributed by atoms with Crippen LogP contribution in [0.1, 0.15) is 56.1 Å². The quantitative estimate of drug-likeness (QED) is 0.772. The van der Waals surface area contributed by atoms with Gasteiger partial charge in [0.05, 0.1) is 0 Å². The molecule has 0 saturated heterocycles. The lowest BCUT2D eigenvalue weighted by atomic mass is 9.60. The second-order valence-corrected chi connectivity index (χ2v) is 5.89. The molecule has 1 fully saturated rings. The number of nitrogens with one attached hydrogen (secondary N) is 1. The van der Waals surface area contributed by atoms with Crippen molar-refractivity contribution in [2.75, 3.05) is 7.05 Å². The lowest BCUT2D eigenvalue weighted by molar-refractivity contribution is 0.120. The van der Waals surface area contributed by atoms with Crippen molar-refractivity contribution >= 4 is 0 Å². The van der Waals surface area contributed by atoms with Crippen molar-refractivity contribution in [3.8, 4) is 0 Å². The van der Waals surface area contributed by atoms with Gasteiger partial charge in [0, 0.05) is 5.54 Å². The lowest BCUT2D eigenvalue weighted by Gasteiger charge is -2.50. The molecular weight excluding hydrogens is 206 g/mol. The smallest absolute Gasteiger partial charge is 0.0463 e. The van der Waals surface area contributed by atoms with E-state index in [1.54, 1.807) is 11.1 Å². The van der Waals surface area contributed by atoms with E-state index in [2.05, 4.69) is 43.6 Å². The summed E-state index contributed by atoms with van der Waals surface area (Å²) in [6.07, 6.45) is 6.87. The van der Waals surface area contributed by atoms with Crippen LogP contribution in [-0.4, -0.2) is 7.05 Å². The van der Waals surface area contributed by atoms with E-state index in [1.165, 1.54) is 32.1 Å². The third-order valence-corrected chi connectivity index (χ3v) is 5.13. The van der Waals surface area contributed by atoms with E-state index in [1.807, 2.05) is 0 Å². The van der Waals surface area contributed by atoms with Crippen molar-refractivity contribution in [2.45, 2.75) is 50.5 Å². The molecule has 2 aliphatic carbocycles. The summed E-state index contributed by atoms with van der Waals surface area (Å²) >= 11 is 0. The van der Waals surface area contributed by atoms with Gasteiger partial charge in [0.25, 0.3) is 0 Å². The molecule has 0 aliphatic heterocycles. The zero-order chi connectivity index (χ0) is 11.9. The van der Waals surface area contributed by atoms with E-state index in [4.69, 9.17) is 0 Å². The topological polar surface area (TPSA) is 12.0 Å². The Morgan fingerprint density at radius 1 is 1.24 bits per heavy atom. The van der Waals surface area contributed by atoms with Crippen molar-refractivity contribution in [3.63, 3.8) is 0 Å². The first-order chi connectivity index (χ1) is 8.28. The van der Waals surface area contributed by atoms with E-state index >= 15 is 0 Å². The largest absolute Gasteiger partial charge is 0.310 e. The molecule has 3 atom stereocenters. The van der Waals surface area contributed by atoms with E-state index < -0.39 is 0 Å². The summed E-state index contributed by atoms with van der Waals surface area (Å²) in [7, 11) is 2.16. The highest BCUT2D eigenvalue weighted by atomic mass is 15.0. The van der Waals surface area contributed by atoms with Crippen molar-refractivity contribution in [1.82, 2.24) is 5.32 Å². The Morgan fingerprint density at radius 3 is 2.88 bits per heavy atom. The average molecular weight is 229 g/mol. The maximum absolute atomic E-state index is 3.70. The third-order valence-electron chi connectivity index (χ3n) is 5.13. The molecule has 2 aliphatic rings. The lowest BCUT2D eigenvalue weighted by Crippen LogP contribution is -2.51. The fourth-order valence-electron chi connectivity index (χ4n) is 4.27. The van der Waals surface area contributed by atoms with Crippen LogP contribution >= 0.6 is 0 Å². The number of hydrogen-bond acceptors (Lipinski definition) is 1. The van der Waals surface area contributed by atoms with E-state index in [0.717, 1.165) is 11.8 Å². The average Bonchev–Trinajstić information content (AvgIpc) is 2.39. The fourth-order valence-corrected chi connectivity index (χ4v) is 4.27. The molecule has 0 spiro atoms. The molecule has 3 rings (SSSR count). The minimum atomic E-state index is 0.279. The van der Waals surface area contributed by atoms with Gasteiger partial charge < -0.3 is 5.32 Å². The highest BCUT2D eigenvalue weighted by molar-refractivity contribution is 5.40. The Labute approximate surface area is 105 Å². The summed E-state index contributed by atoms with van der Waals surface area (Å²) in [5.41, 5.74) is 3.45. The fraction of sp³-hybridized carbons (Fsp3) is 0.625. The molecule has 17 heavy (non-hydrogen) atoms. The van der Waals surface area contributed by atoms with Gasteiger partial charge in [-0.3, -0.25) is 0 Å². The molecule has 1 saturated carbocycles. The zero-order valence-electron chi connectivity index (χ0n) is 11.0. The zero-order valence-corrected chi connectivity index (χ0v) is 11.0. The molecule has 0 radical (unpaired) electrons. The van der Waals surface area contributed by atoms with Crippen molar-refractivity contribution < 1.29 is 0 Å². The van der Waals surface area contributed by atoms with Crippen LogP contribution in [0.5, 0.6) is 0 Å². The van der Waals surface area contributed by atoms with E-state index in [9.17, 15) is 0 Å². The maximum Gasteiger partial charge on any atom is 0.0463 e. The number of fused-ring (bicyclic) bond motifs is 3. The van der Waals surface area contributed by atoms with Gasteiger partial charge in [0.2, 0.25) is 0 Å². The van der Waals surface area contributed by atoms with Crippen molar-refractivity contribution in [3.05, 3.63) is 35.4 Å². The van der Waals surface area contributed by atoms with Gasteiger partial charge in [-0.15, -0.1) is 0 Å². The summed E-state index contributed by atoms with van der Waals surface area (Å²) < 4.78 is 0. The monoisotopic (exact) mass is 229 g/mol. The third kappa shape index (κ3) is 1.55. The van der Waals surface area contributed by atoms with Gasteiger partial charge in [-0.2, -0.15) is 0 Å². The van der Waals surface area contributed by atoms with Crippen LogP contribution in [0.4, 0.5) is 0 Å². The highest BCUT2D eigenvalue weighted by Gasteiger charge is 2.45. The molecule has 1 aromatic rings. The first-order valence-electron chi connectivity index (χ1n) is 7.06. The normalized spacial score (nSPS) is 36.1. The minimum absolute atomic E-state index is 0.279. The van der Waals surface area contributed by atoms with Crippen molar-refractivity contribution in [2.24, 2.45) is 5.92 Å². The van der Waals surface area contributed by atoms with Gasteiger partial charge >= 0.3 is 0 Å². The Kier molecular flexibility index (Phi) is 2.74. The van der Waals surface area contributed by atoms with Crippen molar-refractivity contribution in [1.29, 1.82) is 0 Å². The number of benzene rings is 1. The van der Waals surface area contributed by atoms with E-state index in [0.29, 0.717) is 0 Å². The Morgan fingerprint density at radius 2 is 2.06 bits per heavy atom. The predicted octanol–water partition coefficient (Wildman–Crippen LogP) is 3.80. The van der Waals surface area contributed by atoms with Crippen LogP contribution in [0.25, 0.3) is 0 Å². The SMILES string of the molecule is CN[C@]12CCCC[C@@H]1C[C@H](C)c1ccccc12. The summed E-state index contributed by atoms with van der Waals surface area (Å²) in [4.78, 5) is 0. The standard InChI is InChI=1S/C16H23N/c1-12-11-13-7-5-6-10-16(13,17-2)15-9-4-3-8-14(12)15/h3-4,8-9,12-13,17H,5-7,10-11H2,1-2H3/t12-,13+,16+/m0/s1. The second kappa shape index (κ2) is 4.13. The van der Waals surface area contributed by atoms with E-state index in [-0.39, 0.29) is 5.54 Å². The first-order valence-corrected chi connectivity index (χ1v) is 7.06. The molecule has 0 heterocycles. The summed E-state index contributed by atoms with van der Waals surface area (Å²) in [6.45, 7) is 2.40. The molecule has 0 bridgehead atoms. The molecule has 0 aromatic heterocycles. The van der Waals surface area contributed by atoms with Gasteiger partial charge in [-0.05, 0) is 49.3 Å². The van der Waals surface area contributed by atoms with Crippen LogP contribution in [0.3, 0.4) is 0 Å². The predicted molar refractivity (Wildman–Crippen MR) is 72.2 cm³/mol.